The summed E-state index contributed by atoms with van der Waals surface area (Å²) in [6.45, 7) is 0. The number of rotatable bonds is 2. The van der Waals surface area contributed by atoms with Crippen LogP contribution in [-0.2, 0) is 0 Å². The molecule has 19 heavy (non-hydrogen) atoms. The number of hydrogen-bond donors (Lipinski definition) is 0. The molecule has 0 aliphatic heterocycles. The van der Waals surface area contributed by atoms with Crippen LogP contribution in [-0.4, -0.2) is 8.96 Å². The molecule has 2 aromatic heterocycles. The molecular weight excluding hydrogens is 442 g/mol. The van der Waals surface area contributed by atoms with E-state index in [-0.39, 0.29) is 5.82 Å². The topological polar surface area (TPSA) is 17.8 Å². The zero-order valence-corrected chi connectivity index (χ0v) is 14.0. The smallest absolute Gasteiger partial charge is 0.151 e. The number of pyridine rings is 1. The van der Waals surface area contributed by atoms with Gasteiger partial charge in [-0.25, -0.2) is 9.37 Å². The molecular formula is C13H7BrFIN2S. The molecule has 0 N–H and O–H groups in total. The Labute approximate surface area is 134 Å². The van der Waals surface area contributed by atoms with Crippen LogP contribution in [0.4, 0.5) is 4.39 Å². The lowest BCUT2D eigenvalue weighted by Crippen LogP contribution is -1.82. The van der Waals surface area contributed by atoms with E-state index in [1.807, 2.05) is 22.3 Å². The predicted octanol–water partition coefficient (Wildman–Crippen LogP) is 5.45. The van der Waals surface area contributed by atoms with Crippen LogP contribution in [0.3, 0.4) is 0 Å². The molecule has 6 heteroatoms. The highest BCUT2D eigenvalue weighted by Gasteiger charge is 2.12. The van der Waals surface area contributed by atoms with Crippen LogP contribution in [0.25, 0.3) is 22.2 Å². The molecule has 1 aromatic carbocycles. The maximum absolute atomic E-state index is 13.4. The average molecular weight is 449 g/mol. The van der Waals surface area contributed by atoms with Gasteiger partial charge in [0, 0.05) is 58.1 Å². The second-order valence-corrected chi connectivity index (χ2v) is 6.60. The molecule has 0 radical (unpaired) electrons. The summed E-state index contributed by atoms with van der Waals surface area (Å²) in [5.74, 6) is -0.233. The summed E-state index contributed by atoms with van der Waals surface area (Å²) in [5, 5.41) is 1.00. The molecule has 0 fully saturated rings. The lowest BCUT2D eigenvalue weighted by Gasteiger charge is -1.99. The van der Waals surface area contributed by atoms with Gasteiger partial charge in [-0.15, -0.1) is 0 Å². The van der Waals surface area contributed by atoms with E-state index in [1.165, 1.54) is 21.3 Å². The van der Waals surface area contributed by atoms with Crippen molar-refractivity contribution >= 4 is 57.3 Å². The van der Waals surface area contributed by atoms with Gasteiger partial charge >= 0.3 is 0 Å². The van der Waals surface area contributed by atoms with Gasteiger partial charge in [-0.05, 0) is 39.7 Å². The zero-order valence-electron chi connectivity index (χ0n) is 9.48. The minimum atomic E-state index is -0.233. The Morgan fingerprint density at radius 2 is 2.16 bits per heavy atom. The van der Waals surface area contributed by atoms with Crippen LogP contribution in [0.15, 0.2) is 47.2 Å². The Kier molecular flexibility index (Phi) is 3.81. The lowest BCUT2D eigenvalue weighted by molar-refractivity contribution is 0.628. The van der Waals surface area contributed by atoms with Gasteiger partial charge in [0.05, 0.1) is 0 Å². The summed E-state index contributed by atoms with van der Waals surface area (Å²) in [6.07, 6.45) is 3.75. The molecule has 0 saturated carbocycles. The van der Waals surface area contributed by atoms with E-state index in [4.69, 9.17) is 0 Å². The number of fused-ring (bicyclic) bond motifs is 1. The standard InChI is InChI=1S/C13H7BrFIN2S/c14-9-5-11-12(8-2-1-3-10(15)4-8)7-18(19-16)13(11)17-6-9/h1-7H. The number of halogens is 3. The first-order valence-corrected chi connectivity index (χ1v) is 9.51. The van der Waals surface area contributed by atoms with E-state index in [1.54, 1.807) is 12.3 Å². The molecule has 0 bridgehead atoms. The zero-order chi connectivity index (χ0) is 13.4. The van der Waals surface area contributed by atoms with Crippen molar-refractivity contribution in [3.8, 4) is 11.1 Å². The first-order chi connectivity index (χ1) is 9.19. The minimum absolute atomic E-state index is 0.233. The third kappa shape index (κ3) is 2.53. The number of benzene rings is 1. The molecule has 2 heterocycles. The number of nitrogens with zero attached hydrogens (tertiary/aromatic N) is 2. The largest absolute Gasteiger partial charge is 0.265 e. The van der Waals surface area contributed by atoms with E-state index >= 15 is 0 Å². The molecule has 0 unspecified atom stereocenters. The van der Waals surface area contributed by atoms with Crippen LogP contribution in [0.5, 0.6) is 0 Å². The molecule has 96 valence electrons. The quantitative estimate of drug-likeness (QED) is 0.485. The van der Waals surface area contributed by atoms with E-state index in [0.29, 0.717) is 0 Å². The average Bonchev–Trinajstić information content (AvgIpc) is 2.76. The first-order valence-electron chi connectivity index (χ1n) is 5.40. The van der Waals surface area contributed by atoms with Crippen molar-refractivity contribution < 1.29 is 4.39 Å². The van der Waals surface area contributed by atoms with Gasteiger partial charge in [-0.2, -0.15) is 0 Å². The molecule has 0 aliphatic carbocycles. The molecule has 0 aliphatic rings. The highest BCUT2D eigenvalue weighted by atomic mass is 127. The Bertz CT molecular complexity index is 759. The lowest BCUT2D eigenvalue weighted by atomic mass is 10.1. The first kappa shape index (κ1) is 13.4. The Morgan fingerprint density at radius 3 is 2.89 bits per heavy atom. The summed E-state index contributed by atoms with van der Waals surface area (Å²) in [4.78, 5) is 4.42. The van der Waals surface area contributed by atoms with E-state index < -0.39 is 0 Å². The maximum atomic E-state index is 13.4. The molecule has 3 aromatic rings. The van der Waals surface area contributed by atoms with Crippen LogP contribution in [0.1, 0.15) is 0 Å². The SMILES string of the molecule is Fc1cccc(-c2cn(SI)c3ncc(Br)cc23)c1. The van der Waals surface area contributed by atoms with Crippen LogP contribution < -0.4 is 0 Å². The number of hydrogen-bond acceptors (Lipinski definition) is 2. The maximum Gasteiger partial charge on any atom is 0.151 e. The normalized spacial score (nSPS) is 11.1. The molecule has 0 spiro atoms. The van der Waals surface area contributed by atoms with Crippen molar-refractivity contribution in [3.05, 3.63) is 53.0 Å². The van der Waals surface area contributed by atoms with Crippen molar-refractivity contribution in [1.82, 2.24) is 8.96 Å². The molecule has 0 atom stereocenters. The minimum Gasteiger partial charge on any atom is -0.265 e. The third-order valence-corrected chi connectivity index (χ3v) is 4.92. The monoisotopic (exact) mass is 448 g/mol. The van der Waals surface area contributed by atoms with Crippen molar-refractivity contribution in [2.45, 2.75) is 0 Å². The highest BCUT2D eigenvalue weighted by molar-refractivity contribution is 14.2. The van der Waals surface area contributed by atoms with E-state index in [9.17, 15) is 4.39 Å². The fraction of sp³-hybridized carbons (Fsp3) is 0. The molecule has 0 saturated heterocycles. The second kappa shape index (κ2) is 5.41. The van der Waals surface area contributed by atoms with Gasteiger partial charge in [0.1, 0.15) is 5.82 Å². The summed E-state index contributed by atoms with van der Waals surface area (Å²) in [6, 6.07) is 8.62. The molecule has 2 nitrogen and oxygen atoms in total. The van der Waals surface area contributed by atoms with Crippen molar-refractivity contribution in [1.29, 1.82) is 0 Å². The summed E-state index contributed by atoms with van der Waals surface area (Å²) in [7, 11) is 1.54. The fourth-order valence-electron chi connectivity index (χ4n) is 1.99. The van der Waals surface area contributed by atoms with Gasteiger partial charge in [0.2, 0.25) is 0 Å². The number of aromatic nitrogens is 2. The van der Waals surface area contributed by atoms with Crippen molar-refractivity contribution in [2.24, 2.45) is 0 Å². The van der Waals surface area contributed by atoms with Crippen molar-refractivity contribution in [2.75, 3.05) is 0 Å². The van der Waals surface area contributed by atoms with Crippen LogP contribution in [0, 0.1) is 5.82 Å². The van der Waals surface area contributed by atoms with Gasteiger partial charge in [0.25, 0.3) is 0 Å². The Balaban J connectivity index is 2.31. The highest BCUT2D eigenvalue weighted by Crippen LogP contribution is 2.34. The van der Waals surface area contributed by atoms with E-state index in [2.05, 4.69) is 42.1 Å². The third-order valence-electron chi connectivity index (χ3n) is 2.79. The van der Waals surface area contributed by atoms with Gasteiger partial charge in [0.15, 0.2) is 5.65 Å². The Hall–Kier alpha value is -0.600. The van der Waals surface area contributed by atoms with Crippen LogP contribution >= 0.6 is 46.3 Å². The van der Waals surface area contributed by atoms with Gasteiger partial charge in [-0.3, -0.25) is 3.97 Å². The van der Waals surface area contributed by atoms with Crippen LogP contribution in [0.2, 0.25) is 0 Å². The Morgan fingerprint density at radius 1 is 1.32 bits per heavy atom. The van der Waals surface area contributed by atoms with Gasteiger partial charge in [-0.1, -0.05) is 12.1 Å². The second-order valence-electron chi connectivity index (χ2n) is 3.97. The van der Waals surface area contributed by atoms with E-state index in [0.717, 1.165) is 26.6 Å². The molecule has 0 amide bonds. The summed E-state index contributed by atoms with van der Waals surface area (Å²) >= 11 is 5.63. The summed E-state index contributed by atoms with van der Waals surface area (Å²) in [5.41, 5.74) is 2.71. The predicted molar refractivity (Wildman–Crippen MR) is 89.8 cm³/mol. The fourth-order valence-corrected chi connectivity index (χ4v) is 3.58. The summed E-state index contributed by atoms with van der Waals surface area (Å²) < 4.78 is 16.3. The molecule has 3 rings (SSSR count). The van der Waals surface area contributed by atoms with Crippen molar-refractivity contribution in [3.63, 3.8) is 0 Å². The van der Waals surface area contributed by atoms with Gasteiger partial charge < -0.3 is 0 Å².